The van der Waals surface area contributed by atoms with Gasteiger partial charge in [0.2, 0.25) is 11.8 Å². The van der Waals surface area contributed by atoms with Crippen LogP contribution in [0.2, 0.25) is 0 Å². The van der Waals surface area contributed by atoms with Crippen molar-refractivity contribution in [1.82, 2.24) is 25.3 Å². The molecule has 8 nitrogen and oxygen atoms in total. The first-order chi connectivity index (χ1) is 16.4. The Bertz CT molecular complexity index is 683. The monoisotopic (exact) mass is 477 g/mol. The van der Waals surface area contributed by atoms with E-state index in [-0.39, 0.29) is 23.9 Å². The molecule has 0 aromatic rings. The lowest BCUT2D eigenvalue weighted by atomic mass is 9.75. The molecule has 8 heteroatoms. The van der Waals surface area contributed by atoms with Gasteiger partial charge in [-0.25, -0.2) is 0 Å². The summed E-state index contributed by atoms with van der Waals surface area (Å²) in [7, 11) is 1.85. The highest BCUT2D eigenvalue weighted by atomic mass is 16.3. The molecule has 0 aromatic carbocycles. The summed E-state index contributed by atoms with van der Waals surface area (Å²) >= 11 is 0. The maximum Gasteiger partial charge on any atom is 0.225 e. The van der Waals surface area contributed by atoms with Crippen LogP contribution in [-0.4, -0.2) is 103 Å². The Labute approximate surface area is 205 Å². The van der Waals surface area contributed by atoms with Gasteiger partial charge in [0.05, 0.1) is 12.3 Å². The lowest BCUT2D eigenvalue weighted by Crippen LogP contribution is -2.56. The molecule has 4 unspecified atom stereocenters. The zero-order valence-corrected chi connectivity index (χ0v) is 21.4. The lowest BCUT2D eigenvalue weighted by Gasteiger charge is -2.42. The molecule has 3 N–H and O–H groups in total. The van der Waals surface area contributed by atoms with E-state index in [0.29, 0.717) is 19.1 Å². The van der Waals surface area contributed by atoms with E-state index in [1.54, 1.807) is 11.8 Å². The number of aliphatic hydroxyl groups is 1. The molecule has 34 heavy (non-hydrogen) atoms. The Balaban J connectivity index is 1.18. The zero-order chi connectivity index (χ0) is 24.1. The molecule has 0 bridgehead atoms. The summed E-state index contributed by atoms with van der Waals surface area (Å²) in [5, 5.41) is 18.0. The van der Waals surface area contributed by atoms with E-state index in [1.807, 2.05) is 11.9 Å². The first kappa shape index (κ1) is 25.9. The van der Waals surface area contributed by atoms with Crippen LogP contribution in [0.1, 0.15) is 64.7 Å². The summed E-state index contributed by atoms with van der Waals surface area (Å²) in [6, 6.07) is 0.384. The standard InChI is InChI=1S/C26H47N5O3/c1-19(32)31-13-9-23(10-14-31)28-25-15-21(7-11-27-25)26(34)29(2)17-24(33)18-30-12-8-20-5-3-4-6-22(20)16-30/h20-25,27-28,33H,3-18H2,1-2H3/t20?,21?,22?,24-,25?/m0/s1. The Morgan fingerprint density at radius 3 is 2.53 bits per heavy atom. The minimum atomic E-state index is -0.490. The van der Waals surface area contributed by atoms with Crippen molar-refractivity contribution in [3.63, 3.8) is 0 Å². The maximum absolute atomic E-state index is 13.2. The Kier molecular flexibility index (Phi) is 9.24. The van der Waals surface area contributed by atoms with Gasteiger partial charge in [0.1, 0.15) is 0 Å². The van der Waals surface area contributed by atoms with Crippen LogP contribution >= 0.6 is 0 Å². The highest BCUT2D eigenvalue weighted by molar-refractivity contribution is 5.78. The molecular formula is C26H47N5O3. The van der Waals surface area contributed by atoms with E-state index in [9.17, 15) is 14.7 Å². The van der Waals surface area contributed by atoms with Gasteiger partial charge in [-0.1, -0.05) is 19.3 Å². The molecule has 1 aliphatic carbocycles. The fraction of sp³-hybridized carbons (Fsp3) is 0.923. The van der Waals surface area contributed by atoms with Crippen molar-refractivity contribution in [2.75, 3.05) is 52.9 Å². The number of fused-ring (bicyclic) bond motifs is 1. The number of likely N-dealkylation sites (N-methyl/N-ethyl adjacent to an activating group) is 1. The van der Waals surface area contributed by atoms with Crippen LogP contribution in [0.4, 0.5) is 0 Å². The van der Waals surface area contributed by atoms with E-state index < -0.39 is 6.10 Å². The molecule has 2 amide bonds. The van der Waals surface area contributed by atoms with Gasteiger partial charge in [0, 0.05) is 58.7 Å². The van der Waals surface area contributed by atoms with Crippen LogP contribution in [0.5, 0.6) is 0 Å². The highest BCUT2D eigenvalue weighted by Gasteiger charge is 2.34. The average molecular weight is 478 g/mol. The number of nitrogens with one attached hydrogen (secondary N) is 2. The number of likely N-dealkylation sites (tertiary alicyclic amines) is 2. The topological polar surface area (TPSA) is 88.2 Å². The molecule has 3 saturated heterocycles. The van der Waals surface area contributed by atoms with Gasteiger partial charge in [0.15, 0.2) is 0 Å². The van der Waals surface area contributed by atoms with Gasteiger partial charge in [-0.15, -0.1) is 0 Å². The number of carbonyl (C=O) groups excluding carboxylic acids is 2. The Morgan fingerprint density at radius 1 is 1.06 bits per heavy atom. The molecule has 0 spiro atoms. The second kappa shape index (κ2) is 12.2. The molecule has 194 valence electrons. The van der Waals surface area contributed by atoms with Crippen molar-refractivity contribution in [3.8, 4) is 0 Å². The van der Waals surface area contributed by atoms with Gasteiger partial charge in [-0.2, -0.15) is 0 Å². The third kappa shape index (κ3) is 6.93. The number of hydrogen-bond acceptors (Lipinski definition) is 6. The molecule has 3 heterocycles. The van der Waals surface area contributed by atoms with Crippen LogP contribution in [0, 0.1) is 17.8 Å². The quantitative estimate of drug-likeness (QED) is 0.512. The Hall–Kier alpha value is -1.22. The second-order valence-corrected chi connectivity index (χ2v) is 11.4. The van der Waals surface area contributed by atoms with Crippen molar-refractivity contribution < 1.29 is 14.7 Å². The van der Waals surface area contributed by atoms with Crippen LogP contribution in [-0.2, 0) is 9.59 Å². The van der Waals surface area contributed by atoms with Crippen molar-refractivity contribution >= 4 is 11.8 Å². The molecule has 4 aliphatic rings. The molecular weight excluding hydrogens is 430 g/mol. The molecule has 0 aromatic heterocycles. The van der Waals surface area contributed by atoms with Gasteiger partial charge in [-0.3, -0.25) is 14.9 Å². The molecule has 0 radical (unpaired) electrons. The summed E-state index contributed by atoms with van der Waals surface area (Å²) in [6.45, 7) is 7.37. The summed E-state index contributed by atoms with van der Waals surface area (Å²) < 4.78 is 0. The highest BCUT2D eigenvalue weighted by Crippen LogP contribution is 2.36. The molecule has 5 atom stereocenters. The summed E-state index contributed by atoms with van der Waals surface area (Å²) in [4.78, 5) is 30.8. The van der Waals surface area contributed by atoms with Gasteiger partial charge in [0.25, 0.3) is 0 Å². The number of rotatable bonds is 7. The van der Waals surface area contributed by atoms with E-state index in [2.05, 4.69) is 15.5 Å². The number of amides is 2. The molecule has 1 saturated carbocycles. The lowest BCUT2D eigenvalue weighted by molar-refractivity contribution is -0.137. The summed E-state index contributed by atoms with van der Waals surface area (Å²) in [6.07, 6.45) is 9.93. The minimum Gasteiger partial charge on any atom is -0.390 e. The van der Waals surface area contributed by atoms with Gasteiger partial charge >= 0.3 is 0 Å². The molecule has 4 rings (SSSR count). The zero-order valence-electron chi connectivity index (χ0n) is 21.4. The molecule has 4 fully saturated rings. The van der Waals surface area contributed by atoms with Crippen molar-refractivity contribution in [1.29, 1.82) is 0 Å². The number of carbonyl (C=O) groups is 2. The third-order valence-electron chi connectivity index (χ3n) is 8.84. The first-order valence-corrected chi connectivity index (χ1v) is 13.8. The largest absolute Gasteiger partial charge is 0.390 e. The first-order valence-electron chi connectivity index (χ1n) is 13.8. The van der Waals surface area contributed by atoms with E-state index in [1.165, 1.54) is 32.1 Å². The number of aliphatic hydroxyl groups excluding tert-OH is 1. The second-order valence-electron chi connectivity index (χ2n) is 11.4. The van der Waals surface area contributed by atoms with Crippen molar-refractivity contribution in [3.05, 3.63) is 0 Å². The minimum absolute atomic E-state index is 0.00811. The summed E-state index contributed by atoms with van der Waals surface area (Å²) in [5.74, 6) is 2.01. The van der Waals surface area contributed by atoms with Crippen LogP contribution < -0.4 is 10.6 Å². The summed E-state index contributed by atoms with van der Waals surface area (Å²) in [5.41, 5.74) is 0. The third-order valence-corrected chi connectivity index (χ3v) is 8.84. The van der Waals surface area contributed by atoms with Gasteiger partial charge in [-0.05, 0) is 63.5 Å². The number of hydrogen-bond donors (Lipinski definition) is 3. The number of β-amino-alcohol motifs (C(OH)–C–C–N with tert-alkyl or cyclic N) is 1. The van der Waals surface area contributed by atoms with E-state index in [4.69, 9.17) is 0 Å². The van der Waals surface area contributed by atoms with Crippen LogP contribution in [0.3, 0.4) is 0 Å². The van der Waals surface area contributed by atoms with Crippen LogP contribution in [0.25, 0.3) is 0 Å². The van der Waals surface area contributed by atoms with Crippen molar-refractivity contribution in [2.24, 2.45) is 17.8 Å². The van der Waals surface area contributed by atoms with Crippen molar-refractivity contribution in [2.45, 2.75) is 83.0 Å². The number of piperidine rings is 3. The van der Waals surface area contributed by atoms with E-state index in [0.717, 1.165) is 70.2 Å². The fourth-order valence-electron chi connectivity index (χ4n) is 6.83. The average Bonchev–Trinajstić information content (AvgIpc) is 2.84. The normalized spacial score (nSPS) is 32.1. The van der Waals surface area contributed by atoms with E-state index >= 15 is 0 Å². The predicted octanol–water partition coefficient (Wildman–Crippen LogP) is 1.24. The van der Waals surface area contributed by atoms with Crippen LogP contribution in [0.15, 0.2) is 0 Å². The number of nitrogens with zero attached hydrogens (tertiary/aromatic N) is 3. The smallest absolute Gasteiger partial charge is 0.225 e. The Morgan fingerprint density at radius 2 is 1.79 bits per heavy atom. The molecule has 3 aliphatic heterocycles. The van der Waals surface area contributed by atoms with Gasteiger partial charge < -0.3 is 25.1 Å². The maximum atomic E-state index is 13.2. The predicted molar refractivity (Wildman–Crippen MR) is 133 cm³/mol. The fourth-order valence-corrected chi connectivity index (χ4v) is 6.83. The SMILES string of the molecule is CC(=O)N1CCC(NC2CC(C(=O)N(C)C[C@H](O)CN3CCC4CCCCC4C3)CCN2)CC1.